The first-order valence-corrected chi connectivity index (χ1v) is 11.7. The molecule has 0 saturated carbocycles. The molecule has 0 spiro atoms. The maximum Gasteiger partial charge on any atom is 0.251 e. The standard InChI is InChI=1S/C24H23N3O3S/c28-24(19-9-3-1-4-10-19)25-16-15-23-26-21-13-7-8-14-22(21)27(23)17-18-31(29,30)20-11-5-2-6-12-20/h1-14H,15-18H2,(H,25,28). The van der Waals surface area contributed by atoms with Gasteiger partial charge in [-0.05, 0) is 36.4 Å². The zero-order valence-electron chi connectivity index (χ0n) is 16.9. The molecule has 0 bridgehead atoms. The number of sulfone groups is 1. The summed E-state index contributed by atoms with van der Waals surface area (Å²) >= 11 is 0. The van der Waals surface area contributed by atoms with E-state index in [0.717, 1.165) is 16.9 Å². The number of aromatic nitrogens is 2. The van der Waals surface area contributed by atoms with Crippen LogP contribution in [0.2, 0.25) is 0 Å². The topological polar surface area (TPSA) is 81.1 Å². The Morgan fingerprint density at radius 1 is 0.871 bits per heavy atom. The quantitative estimate of drug-likeness (QED) is 0.461. The maximum absolute atomic E-state index is 12.7. The van der Waals surface area contributed by atoms with Gasteiger partial charge < -0.3 is 9.88 Å². The number of aryl methyl sites for hydroxylation is 1. The fourth-order valence-electron chi connectivity index (χ4n) is 3.50. The van der Waals surface area contributed by atoms with Crippen molar-refractivity contribution in [2.24, 2.45) is 0 Å². The lowest BCUT2D eigenvalue weighted by atomic mass is 10.2. The molecule has 1 amide bonds. The van der Waals surface area contributed by atoms with Crippen LogP contribution in [-0.4, -0.2) is 36.2 Å². The number of para-hydroxylation sites is 2. The Morgan fingerprint density at radius 3 is 2.26 bits per heavy atom. The lowest BCUT2D eigenvalue weighted by Crippen LogP contribution is -2.26. The number of benzene rings is 3. The molecule has 0 aliphatic heterocycles. The van der Waals surface area contributed by atoms with Gasteiger partial charge in [0.1, 0.15) is 5.82 Å². The zero-order valence-corrected chi connectivity index (χ0v) is 17.8. The van der Waals surface area contributed by atoms with E-state index in [1.807, 2.05) is 47.0 Å². The minimum atomic E-state index is -3.41. The Bertz CT molecular complexity index is 1280. The van der Waals surface area contributed by atoms with Gasteiger partial charge in [-0.3, -0.25) is 4.79 Å². The number of nitrogens with zero attached hydrogens (tertiary/aromatic N) is 2. The van der Waals surface area contributed by atoms with Crippen LogP contribution in [-0.2, 0) is 22.8 Å². The second kappa shape index (κ2) is 9.14. The summed E-state index contributed by atoms with van der Waals surface area (Å²) in [6, 6.07) is 25.2. The SMILES string of the molecule is O=C(NCCc1nc2ccccc2n1CCS(=O)(=O)c1ccccc1)c1ccccc1. The van der Waals surface area contributed by atoms with Crippen molar-refractivity contribution in [1.82, 2.24) is 14.9 Å². The molecule has 0 unspecified atom stereocenters. The van der Waals surface area contributed by atoms with Crippen molar-refractivity contribution in [2.45, 2.75) is 17.9 Å². The summed E-state index contributed by atoms with van der Waals surface area (Å²) < 4.78 is 27.4. The minimum Gasteiger partial charge on any atom is -0.352 e. The van der Waals surface area contributed by atoms with E-state index in [1.54, 1.807) is 42.5 Å². The third-order valence-electron chi connectivity index (χ3n) is 5.09. The second-order valence-corrected chi connectivity index (χ2v) is 9.28. The summed E-state index contributed by atoms with van der Waals surface area (Å²) in [4.78, 5) is 17.3. The molecule has 0 saturated heterocycles. The monoisotopic (exact) mass is 433 g/mol. The highest BCUT2D eigenvalue weighted by Gasteiger charge is 2.17. The van der Waals surface area contributed by atoms with Crippen LogP contribution < -0.4 is 5.32 Å². The first-order valence-electron chi connectivity index (χ1n) is 10.1. The van der Waals surface area contributed by atoms with Gasteiger partial charge >= 0.3 is 0 Å². The molecule has 3 aromatic carbocycles. The number of hydrogen-bond acceptors (Lipinski definition) is 4. The van der Waals surface area contributed by atoms with Gasteiger partial charge in [-0.2, -0.15) is 0 Å². The van der Waals surface area contributed by atoms with E-state index < -0.39 is 9.84 Å². The Morgan fingerprint density at radius 2 is 1.52 bits per heavy atom. The molecule has 0 atom stereocenters. The zero-order chi connectivity index (χ0) is 21.7. The number of carbonyl (C=O) groups is 1. The molecular formula is C24H23N3O3S. The molecule has 0 fully saturated rings. The summed E-state index contributed by atoms with van der Waals surface area (Å²) in [5.41, 5.74) is 2.30. The van der Waals surface area contributed by atoms with Crippen molar-refractivity contribution in [3.63, 3.8) is 0 Å². The smallest absolute Gasteiger partial charge is 0.251 e. The van der Waals surface area contributed by atoms with Crippen LogP contribution in [0.4, 0.5) is 0 Å². The summed E-state index contributed by atoms with van der Waals surface area (Å²) in [6.07, 6.45) is 0.499. The fraction of sp³-hybridized carbons (Fsp3) is 0.167. The first-order chi connectivity index (χ1) is 15.0. The molecule has 0 aliphatic carbocycles. The average molecular weight is 434 g/mol. The predicted octanol–water partition coefficient (Wildman–Crippen LogP) is 3.48. The molecule has 1 heterocycles. The number of carbonyl (C=O) groups excluding carboxylic acids is 1. The highest BCUT2D eigenvalue weighted by atomic mass is 32.2. The van der Waals surface area contributed by atoms with Gasteiger partial charge in [-0.1, -0.05) is 48.5 Å². The average Bonchev–Trinajstić information content (AvgIpc) is 3.16. The number of fused-ring (bicyclic) bond motifs is 1. The molecule has 0 radical (unpaired) electrons. The van der Waals surface area contributed by atoms with Crippen LogP contribution in [0, 0.1) is 0 Å². The number of amides is 1. The van der Waals surface area contributed by atoms with Gasteiger partial charge in [0.2, 0.25) is 0 Å². The molecular weight excluding hydrogens is 410 g/mol. The van der Waals surface area contributed by atoms with Crippen LogP contribution in [0.1, 0.15) is 16.2 Å². The first kappa shape index (κ1) is 20.8. The molecule has 0 aliphatic rings. The Kier molecular flexibility index (Phi) is 6.13. The van der Waals surface area contributed by atoms with Crippen molar-refractivity contribution in [3.8, 4) is 0 Å². The van der Waals surface area contributed by atoms with Crippen molar-refractivity contribution < 1.29 is 13.2 Å². The Hall–Kier alpha value is -3.45. The molecule has 1 aromatic heterocycles. The third-order valence-corrected chi connectivity index (χ3v) is 6.80. The van der Waals surface area contributed by atoms with Crippen molar-refractivity contribution in [3.05, 3.63) is 96.3 Å². The third kappa shape index (κ3) is 4.83. The van der Waals surface area contributed by atoms with E-state index >= 15 is 0 Å². The molecule has 7 heteroatoms. The van der Waals surface area contributed by atoms with Crippen LogP contribution >= 0.6 is 0 Å². The molecule has 6 nitrogen and oxygen atoms in total. The van der Waals surface area contributed by atoms with Gasteiger partial charge in [0, 0.05) is 25.1 Å². The molecule has 4 rings (SSSR count). The fourth-order valence-corrected chi connectivity index (χ4v) is 4.73. The van der Waals surface area contributed by atoms with Crippen LogP contribution in [0.5, 0.6) is 0 Å². The maximum atomic E-state index is 12.7. The van der Waals surface area contributed by atoms with Crippen molar-refractivity contribution in [2.75, 3.05) is 12.3 Å². The normalized spacial score (nSPS) is 11.5. The summed E-state index contributed by atoms with van der Waals surface area (Å²) in [7, 11) is -3.41. The van der Waals surface area contributed by atoms with Crippen LogP contribution in [0.25, 0.3) is 11.0 Å². The molecule has 158 valence electrons. The van der Waals surface area contributed by atoms with E-state index in [4.69, 9.17) is 0 Å². The van der Waals surface area contributed by atoms with Gasteiger partial charge in [0.05, 0.1) is 21.7 Å². The lowest BCUT2D eigenvalue weighted by Gasteiger charge is -2.11. The number of imidazole rings is 1. The number of hydrogen-bond donors (Lipinski definition) is 1. The van der Waals surface area contributed by atoms with Crippen LogP contribution in [0.3, 0.4) is 0 Å². The Labute approximate surface area is 181 Å². The second-order valence-electron chi connectivity index (χ2n) is 7.17. The minimum absolute atomic E-state index is 0.0270. The van der Waals surface area contributed by atoms with E-state index in [1.165, 1.54) is 0 Å². The van der Waals surface area contributed by atoms with Crippen molar-refractivity contribution in [1.29, 1.82) is 0 Å². The number of rotatable bonds is 8. The van der Waals surface area contributed by atoms with Gasteiger partial charge in [0.15, 0.2) is 9.84 Å². The van der Waals surface area contributed by atoms with E-state index in [2.05, 4.69) is 10.3 Å². The van der Waals surface area contributed by atoms with Crippen LogP contribution in [0.15, 0.2) is 89.8 Å². The lowest BCUT2D eigenvalue weighted by molar-refractivity contribution is 0.0954. The van der Waals surface area contributed by atoms with E-state index in [-0.39, 0.29) is 11.7 Å². The summed E-state index contributed by atoms with van der Waals surface area (Å²) in [6.45, 7) is 0.697. The molecule has 1 N–H and O–H groups in total. The molecule has 4 aromatic rings. The molecule has 31 heavy (non-hydrogen) atoms. The highest BCUT2D eigenvalue weighted by molar-refractivity contribution is 7.91. The van der Waals surface area contributed by atoms with Gasteiger partial charge in [-0.15, -0.1) is 0 Å². The Balaban J connectivity index is 1.50. The van der Waals surface area contributed by atoms with E-state index in [9.17, 15) is 13.2 Å². The largest absolute Gasteiger partial charge is 0.352 e. The highest BCUT2D eigenvalue weighted by Crippen LogP contribution is 2.18. The van der Waals surface area contributed by atoms with Gasteiger partial charge in [0.25, 0.3) is 5.91 Å². The van der Waals surface area contributed by atoms with E-state index in [0.29, 0.717) is 30.0 Å². The summed E-state index contributed by atoms with van der Waals surface area (Å²) in [5, 5.41) is 2.91. The number of nitrogens with one attached hydrogen (secondary N) is 1. The van der Waals surface area contributed by atoms with Crippen molar-refractivity contribution >= 4 is 26.8 Å². The summed E-state index contributed by atoms with van der Waals surface area (Å²) in [5.74, 6) is 0.577. The van der Waals surface area contributed by atoms with Gasteiger partial charge in [-0.25, -0.2) is 13.4 Å². The predicted molar refractivity (Wildman–Crippen MR) is 121 cm³/mol.